The fourth-order valence-corrected chi connectivity index (χ4v) is 3.43. The third-order valence-electron chi connectivity index (χ3n) is 5.32. The predicted octanol–water partition coefficient (Wildman–Crippen LogP) is 2.21. The zero-order chi connectivity index (χ0) is 19.4. The molecule has 142 valence electrons. The standard InChI is InChI=1S/C20H25N5O2/c1-4-19(26)24-11-9-17(10-12-24)20(27)23(3)15(2)16-5-7-18(8-6-16)25-14-21-13-22-25/h4-8,13-15,17H,1,9-12H2,2-3H3. The number of nitrogens with zero attached hydrogens (tertiary/aromatic N) is 5. The fraction of sp³-hybridized carbons (Fsp3) is 0.400. The van der Waals surface area contributed by atoms with Crippen LogP contribution in [0.1, 0.15) is 31.4 Å². The lowest BCUT2D eigenvalue weighted by Gasteiger charge is -2.34. The van der Waals surface area contributed by atoms with Gasteiger partial charge in [0.15, 0.2) is 0 Å². The van der Waals surface area contributed by atoms with Crippen LogP contribution in [-0.4, -0.2) is 56.5 Å². The average Bonchev–Trinajstić information content (AvgIpc) is 3.26. The topological polar surface area (TPSA) is 71.3 Å². The fourth-order valence-electron chi connectivity index (χ4n) is 3.43. The van der Waals surface area contributed by atoms with Gasteiger partial charge in [-0.1, -0.05) is 18.7 Å². The first kappa shape index (κ1) is 18.8. The second kappa shape index (κ2) is 8.16. The number of benzene rings is 1. The summed E-state index contributed by atoms with van der Waals surface area (Å²) in [7, 11) is 1.85. The van der Waals surface area contributed by atoms with Crippen molar-refractivity contribution in [2.24, 2.45) is 5.92 Å². The maximum absolute atomic E-state index is 12.9. The Labute approximate surface area is 159 Å². The van der Waals surface area contributed by atoms with Gasteiger partial charge < -0.3 is 9.80 Å². The molecule has 1 atom stereocenters. The molecule has 1 saturated heterocycles. The van der Waals surface area contributed by atoms with Crippen LogP contribution in [-0.2, 0) is 9.59 Å². The Bertz CT molecular complexity index is 792. The third-order valence-corrected chi connectivity index (χ3v) is 5.32. The number of carbonyl (C=O) groups excluding carboxylic acids is 2. The van der Waals surface area contributed by atoms with E-state index in [-0.39, 0.29) is 23.8 Å². The first-order valence-corrected chi connectivity index (χ1v) is 9.14. The van der Waals surface area contributed by atoms with Crippen LogP contribution in [0.5, 0.6) is 0 Å². The summed E-state index contributed by atoms with van der Waals surface area (Å²) in [6.45, 7) is 6.76. The number of carbonyl (C=O) groups is 2. The highest BCUT2D eigenvalue weighted by molar-refractivity contribution is 5.87. The van der Waals surface area contributed by atoms with E-state index in [0.717, 1.165) is 11.3 Å². The molecular weight excluding hydrogens is 342 g/mol. The van der Waals surface area contributed by atoms with Crippen molar-refractivity contribution in [2.45, 2.75) is 25.8 Å². The van der Waals surface area contributed by atoms with Crippen LogP contribution in [0.2, 0.25) is 0 Å². The number of piperidine rings is 1. The van der Waals surface area contributed by atoms with Gasteiger partial charge in [0.05, 0.1) is 11.7 Å². The molecule has 0 bridgehead atoms. The van der Waals surface area contributed by atoms with Gasteiger partial charge in [-0.15, -0.1) is 0 Å². The van der Waals surface area contributed by atoms with Gasteiger partial charge in [0, 0.05) is 26.1 Å². The summed E-state index contributed by atoms with van der Waals surface area (Å²) in [4.78, 5) is 32.1. The van der Waals surface area contributed by atoms with Gasteiger partial charge in [-0.2, -0.15) is 5.10 Å². The summed E-state index contributed by atoms with van der Waals surface area (Å²) in [5.41, 5.74) is 1.99. The molecule has 0 aliphatic carbocycles. The Morgan fingerprint density at radius 2 is 1.93 bits per heavy atom. The average molecular weight is 367 g/mol. The number of aromatic nitrogens is 3. The second-order valence-electron chi connectivity index (χ2n) is 6.86. The molecule has 2 heterocycles. The molecule has 3 rings (SSSR count). The van der Waals surface area contributed by atoms with Crippen LogP contribution in [0, 0.1) is 5.92 Å². The molecule has 0 saturated carbocycles. The molecule has 1 aliphatic rings. The van der Waals surface area contributed by atoms with Crippen molar-refractivity contribution in [1.82, 2.24) is 24.6 Å². The lowest BCUT2D eigenvalue weighted by Crippen LogP contribution is -2.43. The molecule has 1 fully saturated rings. The summed E-state index contributed by atoms with van der Waals surface area (Å²) in [5.74, 6) is 0.0318. The van der Waals surface area contributed by atoms with E-state index in [0.29, 0.717) is 25.9 Å². The van der Waals surface area contributed by atoms with Gasteiger partial charge in [-0.25, -0.2) is 9.67 Å². The molecule has 2 aromatic rings. The van der Waals surface area contributed by atoms with E-state index in [1.54, 1.807) is 20.8 Å². The number of rotatable bonds is 5. The van der Waals surface area contributed by atoms with Crippen LogP contribution < -0.4 is 0 Å². The highest BCUT2D eigenvalue weighted by atomic mass is 16.2. The van der Waals surface area contributed by atoms with E-state index in [4.69, 9.17) is 0 Å². The van der Waals surface area contributed by atoms with E-state index in [2.05, 4.69) is 16.7 Å². The molecule has 1 aromatic heterocycles. The number of amides is 2. The molecule has 0 spiro atoms. The minimum absolute atomic E-state index is 0.0323. The normalized spacial score (nSPS) is 16.0. The Balaban J connectivity index is 1.61. The highest BCUT2D eigenvalue weighted by Crippen LogP contribution is 2.25. The third kappa shape index (κ3) is 4.07. The number of hydrogen-bond acceptors (Lipinski definition) is 4. The monoisotopic (exact) mass is 367 g/mol. The van der Waals surface area contributed by atoms with Gasteiger partial charge >= 0.3 is 0 Å². The van der Waals surface area contributed by atoms with Crippen LogP contribution in [0.25, 0.3) is 5.69 Å². The molecule has 7 heteroatoms. The van der Waals surface area contributed by atoms with Gasteiger partial charge in [0.25, 0.3) is 0 Å². The molecule has 0 radical (unpaired) electrons. The van der Waals surface area contributed by atoms with Crippen LogP contribution >= 0.6 is 0 Å². The van der Waals surface area contributed by atoms with E-state index in [9.17, 15) is 9.59 Å². The predicted molar refractivity (Wildman–Crippen MR) is 102 cm³/mol. The lowest BCUT2D eigenvalue weighted by molar-refractivity contribution is -0.139. The summed E-state index contributed by atoms with van der Waals surface area (Å²) >= 11 is 0. The van der Waals surface area contributed by atoms with Crippen molar-refractivity contribution in [3.8, 4) is 5.69 Å². The van der Waals surface area contributed by atoms with E-state index in [1.165, 1.54) is 12.4 Å². The zero-order valence-corrected chi connectivity index (χ0v) is 15.8. The van der Waals surface area contributed by atoms with Crippen molar-refractivity contribution < 1.29 is 9.59 Å². The molecule has 2 amide bonds. The zero-order valence-electron chi connectivity index (χ0n) is 15.8. The Kier molecular flexibility index (Phi) is 5.69. The van der Waals surface area contributed by atoms with Crippen LogP contribution in [0.3, 0.4) is 0 Å². The molecule has 0 N–H and O–H groups in total. The molecule has 7 nitrogen and oxygen atoms in total. The number of hydrogen-bond donors (Lipinski definition) is 0. The van der Waals surface area contributed by atoms with Crippen molar-refractivity contribution in [3.05, 3.63) is 55.1 Å². The quantitative estimate of drug-likeness (QED) is 0.760. The SMILES string of the molecule is C=CC(=O)N1CCC(C(=O)N(C)C(C)c2ccc(-n3cncn3)cc2)CC1. The van der Waals surface area contributed by atoms with Gasteiger partial charge in [0.1, 0.15) is 12.7 Å². The van der Waals surface area contributed by atoms with Crippen molar-refractivity contribution in [3.63, 3.8) is 0 Å². The maximum Gasteiger partial charge on any atom is 0.245 e. The lowest BCUT2D eigenvalue weighted by atomic mass is 9.94. The molecule has 1 aliphatic heterocycles. The maximum atomic E-state index is 12.9. The summed E-state index contributed by atoms with van der Waals surface area (Å²) in [5, 5.41) is 4.12. The largest absolute Gasteiger partial charge is 0.339 e. The molecular formula is C20H25N5O2. The Hall–Kier alpha value is -2.96. The summed E-state index contributed by atoms with van der Waals surface area (Å²) in [6, 6.07) is 7.93. The van der Waals surface area contributed by atoms with Crippen molar-refractivity contribution >= 4 is 11.8 Å². The van der Waals surface area contributed by atoms with Crippen molar-refractivity contribution in [2.75, 3.05) is 20.1 Å². The highest BCUT2D eigenvalue weighted by Gasteiger charge is 2.30. The van der Waals surface area contributed by atoms with Gasteiger partial charge in [0.2, 0.25) is 11.8 Å². The van der Waals surface area contributed by atoms with E-state index < -0.39 is 0 Å². The Morgan fingerprint density at radius 1 is 1.26 bits per heavy atom. The summed E-state index contributed by atoms with van der Waals surface area (Å²) < 4.78 is 1.70. The Morgan fingerprint density at radius 3 is 2.48 bits per heavy atom. The smallest absolute Gasteiger partial charge is 0.245 e. The minimum atomic E-state index is -0.0601. The molecule has 27 heavy (non-hydrogen) atoms. The first-order chi connectivity index (χ1) is 13.0. The second-order valence-corrected chi connectivity index (χ2v) is 6.86. The van der Waals surface area contributed by atoms with Gasteiger partial charge in [-0.05, 0) is 43.5 Å². The van der Waals surface area contributed by atoms with E-state index in [1.807, 2.05) is 38.2 Å². The summed E-state index contributed by atoms with van der Waals surface area (Å²) in [6.07, 6.45) is 5.87. The van der Waals surface area contributed by atoms with Crippen molar-refractivity contribution in [1.29, 1.82) is 0 Å². The minimum Gasteiger partial charge on any atom is -0.339 e. The number of likely N-dealkylation sites (tertiary alicyclic amines) is 1. The molecule has 1 aromatic carbocycles. The van der Waals surface area contributed by atoms with Crippen LogP contribution in [0.4, 0.5) is 0 Å². The molecule has 1 unspecified atom stereocenters. The van der Waals surface area contributed by atoms with Crippen LogP contribution in [0.15, 0.2) is 49.6 Å². The van der Waals surface area contributed by atoms with Gasteiger partial charge in [-0.3, -0.25) is 9.59 Å². The van der Waals surface area contributed by atoms with E-state index >= 15 is 0 Å². The first-order valence-electron chi connectivity index (χ1n) is 9.14.